The molecular formula is C26H36N2O3. The lowest BCUT2D eigenvalue weighted by atomic mass is 9.88. The number of likely N-dealkylation sites (tertiary alicyclic amines) is 1. The molecule has 5 nitrogen and oxygen atoms in total. The van der Waals surface area contributed by atoms with E-state index in [-0.39, 0.29) is 12.5 Å². The lowest BCUT2D eigenvalue weighted by Gasteiger charge is -2.42. The number of hydrogen-bond acceptors (Lipinski definition) is 4. The third kappa shape index (κ3) is 6.89. The summed E-state index contributed by atoms with van der Waals surface area (Å²) in [6, 6.07) is 18.5. The lowest BCUT2D eigenvalue weighted by Crippen LogP contribution is -2.60. The number of carbonyl (C=O) groups is 1. The van der Waals surface area contributed by atoms with Crippen LogP contribution in [0.2, 0.25) is 0 Å². The number of amides is 1. The fourth-order valence-corrected chi connectivity index (χ4v) is 4.08. The van der Waals surface area contributed by atoms with Crippen molar-refractivity contribution in [2.45, 2.75) is 63.7 Å². The summed E-state index contributed by atoms with van der Waals surface area (Å²) in [5.41, 5.74) is 2.43. The van der Waals surface area contributed by atoms with E-state index in [0.29, 0.717) is 38.9 Å². The maximum absolute atomic E-state index is 12.5. The van der Waals surface area contributed by atoms with Gasteiger partial charge in [0.15, 0.2) is 0 Å². The Morgan fingerprint density at radius 2 is 1.74 bits per heavy atom. The number of hydrogen-bond donors (Lipinski definition) is 3. The summed E-state index contributed by atoms with van der Waals surface area (Å²) in [5.74, 6) is 0.0288. The number of nitrogens with zero attached hydrogens (tertiary/aromatic N) is 1. The minimum absolute atomic E-state index is 0.0288. The summed E-state index contributed by atoms with van der Waals surface area (Å²) < 4.78 is 0. The first-order chi connectivity index (χ1) is 15.0. The van der Waals surface area contributed by atoms with E-state index in [4.69, 9.17) is 0 Å². The van der Waals surface area contributed by atoms with Crippen LogP contribution in [-0.2, 0) is 24.2 Å². The van der Waals surface area contributed by atoms with E-state index in [1.54, 1.807) is 4.90 Å². The van der Waals surface area contributed by atoms with E-state index in [1.165, 1.54) is 18.4 Å². The van der Waals surface area contributed by atoms with Gasteiger partial charge in [0.2, 0.25) is 5.91 Å². The molecule has 1 saturated heterocycles. The highest BCUT2D eigenvalue weighted by Gasteiger charge is 2.41. The number of carbonyl (C=O) groups excluding carboxylic acids is 1. The lowest BCUT2D eigenvalue weighted by molar-refractivity contribution is -0.148. The molecule has 0 spiro atoms. The molecule has 0 saturated carbocycles. The number of aliphatic hydroxyl groups is 2. The molecule has 1 fully saturated rings. The standard InChI is InChI=1S/C26H36N2O3/c1-2-3-7-22-10-12-23(13-11-22)18-27-20-26(31)16-17-28(19-24(26)29)25(30)15-14-21-8-5-4-6-9-21/h4-6,8-13,24,27,29,31H,2-3,7,14-20H2,1H3/t24-,26-/m0/s1. The highest BCUT2D eigenvalue weighted by Crippen LogP contribution is 2.23. The SMILES string of the molecule is CCCCc1ccc(CNC[C@@]2(O)CCN(C(=O)CCc3ccccc3)C[C@@H]2O)cc1. The van der Waals surface area contributed by atoms with Crippen LogP contribution >= 0.6 is 0 Å². The minimum atomic E-state index is -1.21. The van der Waals surface area contributed by atoms with Crippen molar-refractivity contribution in [3.05, 3.63) is 71.3 Å². The molecule has 2 aromatic rings. The van der Waals surface area contributed by atoms with Crippen molar-refractivity contribution >= 4 is 5.91 Å². The van der Waals surface area contributed by atoms with Gasteiger partial charge in [-0.15, -0.1) is 0 Å². The minimum Gasteiger partial charge on any atom is -0.388 e. The maximum atomic E-state index is 12.5. The van der Waals surface area contributed by atoms with Crippen LogP contribution in [0.25, 0.3) is 0 Å². The molecule has 0 bridgehead atoms. The number of piperidine rings is 1. The third-order valence-electron chi connectivity index (χ3n) is 6.25. The van der Waals surface area contributed by atoms with Gasteiger partial charge in [-0.05, 0) is 42.4 Å². The van der Waals surface area contributed by atoms with Gasteiger partial charge < -0.3 is 20.4 Å². The number of aliphatic hydroxyl groups excluding tert-OH is 1. The van der Waals surface area contributed by atoms with E-state index in [1.807, 2.05) is 30.3 Å². The van der Waals surface area contributed by atoms with Crippen molar-refractivity contribution in [2.75, 3.05) is 19.6 Å². The fourth-order valence-electron chi connectivity index (χ4n) is 4.08. The second-order valence-corrected chi connectivity index (χ2v) is 8.72. The molecule has 1 aliphatic heterocycles. The highest BCUT2D eigenvalue weighted by molar-refractivity contribution is 5.76. The van der Waals surface area contributed by atoms with Crippen LogP contribution in [0.5, 0.6) is 0 Å². The van der Waals surface area contributed by atoms with Crippen molar-refractivity contribution in [1.29, 1.82) is 0 Å². The third-order valence-corrected chi connectivity index (χ3v) is 6.25. The predicted molar refractivity (Wildman–Crippen MR) is 124 cm³/mol. The zero-order valence-corrected chi connectivity index (χ0v) is 18.6. The van der Waals surface area contributed by atoms with Gasteiger partial charge in [0, 0.05) is 32.6 Å². The Hall–Kier alpha value is -2.21. The van der Waals surface area contributed by atoms with Crippen LogP contribution in [0, 0.1) is 0 Å². The van der Waals surface area contributed by atoms with Gasteiger partial charge in [-0.2, -0.15) is 0 Å². The average Bonchev–Trinajstić information content (AvgIpc) is 2.79. The van der Waals surface area contributed by atoms with Gasteiger partial charge in [-0.25, -0.2) is 0 Å². The molecule has 168 valence electrons. The molecule has 3 N–H and O–H groups in total. The highest BCUT2D eigenvalue weighted by atomic mass is 16.3. The van der Waals surface area contributed by atoms with Crippen molar-refractivity contribution in [2.24, 2.45) is 0 Å². The molecule has 2 aromatic carbocycles. The quantitative estimate of drug-likeness (QED) is 0.548. The van der Waals surface area contributed by atoms with E-state index >= 15 is 0 Å². The summed E-state index contributed by atoms with van der Waals surface area (Å²) in [6.07, 6.45) is 4.03. The van der Waals surface area contributed by atoms with Gasteiger partial charge in [0.1, 0.15) is 11.7 Å². The molecule has 1 amide bonds. The molecule has 1 aliphatic rings. The van der Waals surface area contributed by atoms with Gasteiger partial charge in [-0.1, -0.05) is 67.9 Å². The topological polar surface area (TPSA) is 72.8 Å². The Bertz CT molecular complexity index is 809. The average molecular weight is 425 g/mol. The molecular weight excluding hydrogens is 388 g/mol. The molecule has 0 aromatic heterocycles. The molecule has 3 rings (SSSR count). The number of nitrogens with one attached hydrogen (secondary N) is 1. The van der Waals surface area contributed by atoms with Crippen LogP contribution in [0.1, 0.15) is 49.3 Å². The summed E-state index contributed by atoms with van der Waals surface area (Å²) in [5, 5.41) is 24.8. The van der Waals surface area contributed by atoms with Gasteiger partial charge >= 0.3 is 0 Å². The maximum Gasteiger partial charge on any atom is 0.222 e. The molecule has 1 heterocycles. The van der Waals surface area contributed by atoms with E-state index in [2.05, 4.69) is 36.5 Å². The van der Waals surface area contributed by atoms with E-state index in [0.717, 1.165) is 17.5 Å². The van der Waals surface area contributed by atoms with Gasteiger partial charge in [0.05, 0.1) is 0 Å². The Morgan fingerprint density at radius 1 is 1.06 bits per heavy atom. The molecule has 2 atom stereocenters. The van der Waals surface area contributed by atoms with Gasteiger partial charge in [-0.3, -0.25) is 4.79 Å². The smallest absolute Gasteiger partial charge is 0.222 e. The Labute approximate surface area is 186 Å². The van der Waals surface area contributed by atoms with Crippen LogP contribution in [0.15, 0.2) is 54.6 Å². The largest absolute Gasteiger partial charge is 0.388 e. The number of aryl methyl sites for hydroxylation is 2. The van der Waals surface area contributed by atoms with Crippen molar-refractivity contribution in [3.63, 3.8) is 0 Å². The Balaban J connectivity index is 1.42. The number of benzene rings is 2. The molecule has 0 aliphatic carbocycles. The first kappa shape index (κ1) is 23.5. The summed E-state index contributed by atoms with van der Waals surface area (Å²) >= 11 is 0. The second kappa shape index (κ2) is 11.4. The monoisotopic (exact) mass is 424 g/mol. The normalized spacial score (nSPS) is 21.3. The fraction of sp³-hybridized carbons (Fsp3) is 0.500. The van der Waals surface area contributed by atoms with Gasteiger partial charge in [0.25, 0.3) is 0 Å². The predicted octanol–water partition coefficient (Wildman–Crippen LogP) is 3.08. The zero-order chi connectivity index (χ0) is 22.1. The molecule has 5 heteroatoms. The number of β-amino-alcohol motifs (C(OH)–C–C–N with tert-alkyl or cyclic N) is 1. The number of rotatable bonds is 10. The zero-order valence-electron chi connectivity index (χ0n) is 18.6. The number of unbranched alkanes of at least 4 members (excludes halogenated alkanes) is 1. The van der Waals surface area contributed by atoms with Crippen LogP contribution in [0.3, 0.4) is 0 Å². The molecule has 31 heavy (non-hydrogen) atoms. The van der Waals surface area contributed by atoms with Crippen molar-refractivity contribution < 1.29 is 15.0 Å². The van der Waals surface area contributed by atoms with E-state index < -0.39 is 11.7 Å². The molecule has 0 unspecified atom stereocenters. The Morgan fingerprint density at radius 3 is 2.42 bits per heavy atom. The Kier molecular flexibility index (Phi) is 8.64. The second-order valence-electron chi connectivity index (χ2n) is 8.72. The summed E-state index contributed by atoms with van der Waals surface area (Å²) in [4.78, 5) is 14.2. The van der Waals surface area contributed by atoms with Crippen molar-refractivity contribution in [3.8, 4) is 0 Å². The summed E-state index contributed by atoms with van der Waals surface area (Å²) in [6.45, 7) is 3.79. The van der Waals surface area contributed by atoms with Crippen LogP contribution in [-0.4, -0.2) is 52.4 Å². The first-order valence-corrected chi connectivity index (χ1v) is 11.5. The van der Waals surface area contributed by atoms with E-state index in [9.17, 15) is 15.0 Å². The van der Waals surface area contributed by atoms with Crippen molar-refractivity contribution in [1.82, 2.24) is 10.2 Å². The van der Waals surface area contributed by atoms with Crippen LogP contribution < -0.4 is 5.32 Å². The van der Waals surface area contributed by atoms with Crippen LogP contribution in [0.4, 0.5) is 0 Å². The molecule has 0 radical (unpaired) electrons. The first-order valence-electron chi connectivity index (χ1n) is 11.5. The summed E-state index contributed by atoms with van der Waals surface area (Å²) in [7, 11) is 0.